The van der Waals surface area contributed by atoms with E-state index in [0.29, 0.717) is 29.2 Å². The lowest BCUT2D eigenvalue weighted by Crippen LogP contribution is -2.39. The van der Waals surface area contributed by atoms with Gasteiger partial charge in [-0.15, -0.1) is 0 Å². The number of hydrogen-bond acceptors (Lipinski definition) is 7. The van der Waals surface area contributed by atoms with Crippen LogP contribution in [0.3, 0.4) is 0 Å². The average molecular weight is 496 g/mol. The predicted molar refractivity (Wildman–Crippen MR) is 132 cm³/mol. The van der Waals surface area contributed by atoms with Crippen molar-refractivity contribution in [1.82, 2.24) is 5.43 Å². The Morgan fingerprint density at radius 2 is 1.63 bits per heavy atom. The number of hydrazone groups is 1. The first kappa shape index (κ1) is 25.4. The van der Waals surface area contributed by atoms with Gasteiger partial charge in [0.25, 0.3) is 15.9 Å². The number of carbonyl (C=O) groups is 2. The van der Waals surface area contributed by atoms with Crippen LogP contribution in [0.2, 0.25) is 0 Å². The molecule has 1 amide bonds. The smallest absolute Gasteiger partial charge is 0.337 e. The first-order chi connectivity index (χ1) is 16.8. The van der Waals surface area contributed by atoms with Crippen molar-refractivity contribution in [3.8, 4) is 5.75 Å². The van der Waals surface area contributed by atoms with E-state index in [1.165, 1.54) is 25.5 Å². The molecular weight excluding hydrogens is 470 g/mol. The molecule has 3 aromatic carbocycles. The summed E-state index contributed by atoms with van der Waals surface area (Å²) in [5.41, 5.74) is 3.65. The fraction of sp³-hybridized carbons (Fsp3) is 0.160. The molecule has 182 valence electrons. The number of anilines is 1. The summed E-state index contributed by atoms with van der Waals surface area (Å²) in [5.74, 6) is -0.516. The highest BCUT2D eigenvalue weighted by molar-refractivity contribution is 7.92. The highest BCUT2D eigenvalue weighted by atomic mass is 32.2. The number of ether oxygens (including phenoxy) is 2. The second-order valence-corrected chi connectivity index (χ2v) is 9.02. The van der Waals surface area contributed by atoms with Crippen molar-refractivity contribution in [2.45, 2.75) is 11.8 Å². The summed E-state index contributed by atoms with van der Waals surface area (Å²) >= 11 is 0. The van der Waals surface area contributed by atoms with Crippen LogP contribution in [0.1, 0.15) is 22.8 Å². The van der Waals surface area contributed by atoms with Gasteiger partial charge in [0.1, 0.15) is 12.3 Å². The molecule has 3 aromatic rings. The molecule has 35 heavy (non-hydrogen) atoms. The van der Waals surface area contributed by atoms with E-state index in [9.17, 15) is 18.0 Å². The Labute approximate surface area is 204 Å². The molecule has 0 fully saturated rings. The van der Waals surface area contributed by atoms with E-state index in [1.807, 2.05) is 6.92 Å². The zero-order chi connectivity index (χ0) is 25.3. The normalized spacial score (nSPS) is 11.1. The summed E-state index contributed by atoms with van der Waals surface area (Å²) < 4.78 is 37.7. The lowest BCUT2D eigenvalue weighted by Gasteiger charge is -2.24. The first-order valence-corrected chi connectivity index (χ1v) is 12.1. The molecule has 0 aromatic heterocycles. The monoisotopic (exact) mass is 495 g/mol. The van der Waals surface area contributed by atoms with Gasteiger partial charge in [0.15, 0.2) is 0 Å². The number of hydrogen-bond donors (Lipinski definition) is 1. The third kappa shape index (κ3) is 6.67. The Kier molecular flexibility index (Phi) is 8.58. The van der Waals surface area contributed by atoms with Crippen LogP contribution in [0.5, 0.6) is 5.75 Å². The number of methoxy groups -OCH3 is 1. The van der Waals surface area contributed by atoms with Crippen LogP contribution in [-0.4, -0.2) is 46.8 Å². The highest BCUT2D eigenvalue weighted by Gasteiger charge is 2.27. The van der Waals surface area contributed by atoms with Crippen molar-refractivity contribution < 1.29 is 27.5 Å². The van der Waals surface area contributed by atoms with Crippen molar-refractivity contribution in [1.29, 1.82) is 0 Å². The maximum Gasteiger partial charge on any atom is 0.337 e. The first-order valence-electron chi connectivity index (χ1n) is 10.7. The van der Waals surface area contributed by atoms with Gasteiger partial charge in [0.2, 0.25) is 0 Å². The molecule has 0 spiro atoms. The molecule has 0 saturated carbocycles. The predicted octanol–water partition coefficient (Wildman–Crippen LogP) is 3.22. The molecular formula is C25H25N3O6S. The molecule has 9 nitrogen and oxygen atoms in total. The second-order valence-electron chi connectivity index (χ2n) is 7.16. The zero-order valence-electron chi connectivity index (χ0n) is 19.2. The summed E-state index contributed by atoms with van der Waals surface area (Å²) in [7, 11) is -2.74. The summed E-state index contributed by atoms with van der Waals surface area (Å²) in [5, 5.41) is 3.89. The highest BCUT2D eigenvalue weighted by Crippen LogP contribution is 2.25. The molecule has 0 aliphatic rings. The molecule has 3 rings (SSSR count). The largest absolute Gasteiger partial charge is 0.494 e. The van der Waals surface area contributed by atoms with Gasteiger partial charge in [-0.05, 0) is 61.0 Å². The summed E-state index contributed by atoms with van der Waals surface area (Å²) in [6, 6.07) is 20.7. The third-order valence-electron chi connectivity index (χ3n) is 4.79. The van der Waals surface area contributed by atoms with Crippen LogP contribution in [-0.2, 0) is 19.6 Å². The SMILES string of the molecule is CCOc1ccc(N(CC(=O)N/N=C\c2ccc(C(=O)OC)cc2)S(=O)(=O)c2ccccc2)cc1. The van der Waals surface area contributed by atoms with Crippen molar-refractivity contribution in [3.63, 3.8) is 0 Å². The van der Waals surface area contributed by atoms with Gasteiger partial charge in [-0.2, -0.15) is 5.10 Å². The molecule has 0 aliphatic heterocycles. The van der Waals surface area contributed by atoms with Gasteiger partial charge in [-0.1, -0.05) is 30.3 Å². The van der Waals surface area contributed by atoms with E-state index in [2.05, 4.69) is 15.3 Å². The van der Waals surface area contributed by atoms with E-state index < -0.39 is 28.4 Å². The van der Waals surface area contributed by atoms with E-state index in [4.69, 9.17) is 4.74 Å². The summed E-state index contributed by atoms with van der Waals surface area (Å²) in [6.07, 6.45) is 1.38. The molecule has 0 radical (unpaired) electrons. The van der Waals surface area contributed by atoms with Crippen LogP contribution in [0, 0.1) is 0 Å². The van der Waals surface area contributed by atoms with Crippen LogP contribution in [0.4, 0.5) is 5.69 Å². The Bertz CT molecular complexity index is 1280. The van der Waals surface area contributed by atoms with Gasteiger partial charge >= 0.3 is 5.97 Å². The van der Waals surface area contributed by atoms with E-state index >= 15 is 0 Å². The summed E-state index contributed by atoms with van der Waals surface area (Å²) in [6.45, 7) is 1.82. The molecule has 0 bridgehead atoms. The topological polar surface area (TPSA) is 114 Å². The Morgan fingerprint density at radius 1 is 0.971 bits per heavy atom. The minimum atomic E-state index is -4.03. The third-order valence-corrected chi connectivity index (χ3v) is 6.58. The number of esters is 1. The van der Waals surface area contributed by atoms with E-state index in [0.717, 1.165) is 4.31 Å². The molecule has 0 atom stereocenters. The van der Waals surface area contributed by atoms with Gasteiger partial charge in [0, 0.05) is 0 Å². The van der Waals surface area contributed by atoms with Gasteiger partial charge < -0.3 is 9.47 Å². The van der Waals surface area contributed by atoms with E-state index in [1.54, 1.807) is 66.7 Å². The lowest BCUT2D eigenvalue weighted by molar-refractivity contribution is -0.119. The number of rotatable bonds is 10. The Balaban J connectivity index is 1.77. The van der Waals surface area contributed by atoms with Gasteiger partial charge in [-0.25, -0.2) is 18.6 Å². The van der Waals surface area contributed by atoms with Crippen molar-refractivity contribution in [2.24, 2.45) is 5.10 Å². The number of amides is 1. The number of nitrogens with zero attached hydrogens (tertiary/aromatic N) is 2. The number of sulfonamides is 1. The fourth-order valence-electron chi connectivity index (χ4n) is 3.08. The van der Waals surface area contributed by atoms with Crippen molar-refractivity contribution in [3.05, 3.63) is 90.0 Å². The lowest BCUT2D eigenvalue weighted by atomic mass is 10.1. The standard InChI is InChI=1S/C25H25N3O6S/c1-3-34-22-15-13-21(14-16-22)28(35(31,32)23-7-5-4-6-8-23)18-24(29)27-26-17-19-9-11-20(12-10-19)25(30)33-2/h4-17H,3,18H2,1-2H3,(H,27,29)/b26-17-. The Morgan fingerprint density at radius 3 is 2.23 bits per heavy atom. The summed E-state index contributed by atoms with van der Waals surface area (Å²) in [4.78, 5) is 24.2. The van der Waals surface area contributed by atoms with Gasteiger partial charge in [0.05, 0.1) is 36.1 Å². The average Bonchev–Trinajstić information content (AvgIpc) is 2.88. The van der Waals surface area contributed by atoms with Crippen LogP contribution in [0.25, 0.3) is 0 Å². The van der Waals surface area contributed by atoms with E-state index in [-0.39, 0.29) is 4.90 Å². The fourth-order valence-corrected chi connectivity index (χ4v) is 4.52. The minimum Gasteiger partial charge on any atom is -0.494 e. The minimum absolute atomic E-state index is 0.0517. The zero-order valence-corrected chi connectivity index (χ0v) is 20.1. The quantitative estimate of drug-likeness (QED) is 0.262. The second kappa shape index (κ2) is 11.8. The number of carbonyl (C=O) groups excluding carboxylic acids is 2. The van der Waals surface area contributed by atoms with Crippen molar-refractivity contribution >= 4 is 33.8 Å². The molecule has 10 heteroatoms. The van der Waals surface area contributed by atoms with Crippen molar-refractivity contribution in [2.75, 3.05) is 24.6 Å². The molecule has 1 N–H and O–H groups in total. The maximum absolute atomic E-state index is 13.3. The van der Waals surface area contributed by atoms with Crippen LogP contribution < -0.4 is 14.5 Å². The Hall–Kier alpha value is -4.18. The maximum atomic E-state index is 13.3. The molecule has 0 saturated heterocycles. The van der Waals surface area contributed by atoms with Crippen LogP contribution in [0.15, 0.2) is 88.9 Å². The molecule has 0 unspecified atom stereocenters. The number of benzene rings is 3. The molecule has 0 aliphatic carbocycles. The van der Waals surface area contributed by atoms with Crippen LogP contribution >= 0.6 is 0 Å². The molecule has 0 heterocycles. The van der Waals surface area contributed by atoms with Gasteiger partial charge in [-0.3, -0.25) is 9.10 Å². The number of nitrogens with one attached hydrogen (secondary N) is 1.